The maximum Gasteiger partial charge on any atom is 0.255 e. The summed E-state index contributed by atoms with van der Waals surface area (Å²) in [6.07, 6.45) is 0.234. The number of phenols is 1. The average molecular weight is 564 g/mol. The molecule has 0 radical (unpaired) electrons. The Hall–Kier alpha value is -4.35. The third kappa shape index (κ3) is 3.91. The molecular weight excluding hydrogens is 530 g/mol. The van der Waals surface area contributed by atoms with Crippen LogP contribution in [-0.2, 0) is 16.0 Å². The molecule has 0 heterocycles. The highest BCUT2D eigenvalue weighted by atomic mass is 16.5. The van der Waals surface area contributed by atoms with Crippen LogP contribution in [0.3, 0.4) is 0 Å². The summed E-state index contributed by atoms with van der Waals surface area (Å²) in [6.45, 7) is 0. The number of methoxy groups -OCH3 is 1. The number of carbonyl (C=O) groups excluding carboxylic acids is 3. The number of ketones is 2. The Morgan fingerprint density at radius 2 is 1.71 bits per heavy atom. The van der Waals surface area contributed by atoms with Crippen LogP contribution >= 0.6 is 0 Å². The quantitative estimate of drug-likeness (QED) is 0.338. The lowest BCUT2D eigenvalue weighted by molar-refractivity contribution is -0.148. The van der Waals surface area contributed by atoms with Crippen LogP contribution in [0.2, 0.25) is 0 Å². The fourth-order valence-corrected chi connectivity index (χ4v) is 6.69. The number of allylic oxidation sites excluding steroid dienone is 1. The maximum atomic E-state index is 14.2. The van der Waals surface area contributed by atoms with E-state index < -0.39 is 58.0 Å². The molecule has 2 aromatic rings. The van der Waals surface area contributed by atoms with Crippen molar-refractivity contribution in [2.24, 2.45) is 17.6 Å². The Kier molecular flexibility index (Phi) is 6.62. The molecule has 0 spiro atoms. The van der Waals surface area contributed by atoms with E-state index in [1.807, 2.05) is 19.0 Å². The zero-order chi connectivity index (χ0) is 30.1. The van der Waals surface area contributed by atoms with Crippen LogP contribution in [0.1, 0.15) is 22.3 Å². The predicted octanol–water partition coefficient (Wildman–Crippen LogP) is 1.86. The van der Waals surface area contributed by atoms with Crippen molar-refractivity contribution in [3.05, 3.63) is 64.1 Å². The number of nitrogens with zero attached hydrogens (tertiary/aromatic N) is 2. The fourth-order valence-electron chi connectivity index (χ4n) is 6.69. The maximum absolute atomic E-state index is 14.2. The number of fused-ring (bicyclic) bond motifs is 3. The summed E-state index contributed by atoms with van der Waals surface area (Å²) in [7, 11) is 8.35. The van der Waals surface area contributed by atoms with Crippen LogP contribution in [0.15, 0.2) is 53.0 Å². The predicted molar refractivity (Wildman–Crippen MR) is 150 cm³/mol. The molecule has 216 valence electrons. The minimum Gasteiger partial charge on any atom is -0.510 e. The number of benzene rings is 2. The van der Waals surface area contributed by atoms with Crippen LogP contribution < -0.4 is 15.4 Å². The van der Waals surface area contributed by atoms with Crippen molar-refractivity contribution in [1.82, 2.24) is 4.90 Å². The molecule has 0 fully saturated rings. The molecule has 1 amide bonds. The number of hydrogen-bond acceptors (Lipinski definition) is 10. The number of primary amides is 1. The number of Topliss-reactive ketones (excluding diaryl/α,β-unsaturated/α-hetero) is 2. The van der Waals surface area contributed by atoms with Gasteiger partial charge in [0.05, 0.1) is 18.7 Å². The normalized spacial score (nSPS) is 25.6. The second kappa shape index (κ2) is 9.64. The number of carbonyl (C=O) groups is 3. The lowest BCUT2D eigenvalue weighted by Crippen LogP contribution is -2.63. The van der Waals surface area contributed by atoms with Crippen molar-refractivity contribution in [1.29, 1.82) is 0 Å². The highest BCUT2D eigenvalue weighted by Crippen LogP contribution is 2.54. The zero-order valence-electron chi connectivity index (χ0n) is 23.4. The van der Waals surface area contributed by atoms with E-state index in [2.05, 4.69) is 0 Å². The van der Waals surface area contributed by atoms with E-state index in [1.54, 1.807) is 44.4 Å². The van der Waals surface area contributed by atoms with Gasteiger partial charge in [-0.1, -0.05) is 12.1 Å². The second-order valence-corrected chi connectivity index (χ2v) is 11.2. The highest BCUT2D eigenvalue weighted by molar-refractivity contribution is 6.25. The Morgan fingerprint density at radius 1 is 1.07 bits per heavy atom. The fraction of sp³-hybridized carbons (Fsp3) is 0.367. The summed E-state index contributed by atoms with van der Waals surface area (Å²) in [5.41, 5.74) is 3.87. The van der Waals surface area contributed by atoms with Gasteiger partial charge in [0, 0.05) is 36.8 Å². The smallest absolute Gasteiger partial charge is 0.255 e. The molecule has 3 aliphatic rings. The molecule has 11 nitrogen and oxygen atoms in total. The van der Waals surface area contributed by atoms with Crippen molar-refractivity contribution in [2.75, 3.05) is 40.2 Å². The first-order valence-electron chi connectivity index (χ1n) is 13.1. The molecule has 41 heavy (non-hydrogen) atoms. The molecule has 0 aliphatic heterocycles. The summed E-state index contributed by atoms with van der Waals surface area (Å²) in [5, 5.41) is 45.7. The zero-order valence-corrected chi connectivity index (χ0v) is 23.4. The Balaban J connectivity index is 1.74. The van der Waals surface area contributed by atoms with Crippen LogP contribution in [0.5, 0.6) is 11.5 Å². The van der Waals surface area contributed by atoms with Crippen LogP contribution in [0.4, 0.5) is 5.69 Å². The Morgan fingerprint density at radius 3 is 2.24 bits per heavy atom. The van der Waals surface area contributed by atoms with E-state index >= 15 is 0 Å². The summed E-state index contributed by atoms with van der Waals surface area (Å²) < 4.78 is 5.23. The third-order valence-corrected chi connectivity index (χ3v) is 8.58. The van der Waals surface area contributed by atoms with Gasteiger partial charge in [-0.2, -0.15) is 0 Å². The van der Waals surface area contributed by atoms with Gasteiger partial charge in [-0.25, -0.2) is 0 Å². The van der Waals surface area contributed by atoms with Gasteiger partial charge in [-0.05, 0) is 62.2 Å². The van der Waals surface area contributed by atoms with Crippen molar-refractivity contribution in [3.8, 4) is 22.6 Å². The van der Waals surface area contributed by atoms with Crippen molar-refractivity contribution in [3.63, 3.8) is 0 Å². The number of aromatic hydroxyl groups is 1. The highest BCUT2D eigenvalue weighted by Gasteiger charge is 2.63. The van der Waals surface area contributed by atoms with Gasteiger partial charge in [0.1, 0.15) is 28.6 Å². The minimum absolute atomic E-state index is 0.0274. The first kappa shape index (κ1) is 28.2. The van der Waals surface area contributed by atoms with E-state index in [0.29, 0.717) is 28.1 Å². The second-order valence-electron chi connectivity index (χ2n) is 11.2. The summed E-state index contributed by atoms with van der Waals surface area (Å²) in [4.78, 5) is 43.2. The van der Waals surface area contributed by atoms with Crippen molar-refractivity contribution >= 4 is 23.2 Å². The summed E-state index contributed by atoms with van der Waals surface area (Å²) >= 11 is 0. The molecule has 3 aliphatic carbocycles. The number of anilines is 1. The van der Waals surface area contributed by atoms with Crippen LogP contribution in [-0.4, -0.2) is 89.7 Å². The van der Waals surface area contributed by atoms with Gasteiger partial charge in [-0.3, -0.25) is 19.3 Å². The molecule has 5 rings (SSSR count). The number of rotatable bonds is 5. The molecule has 0 unspecified atom stereocenters. The number of aliphatic hydroxyl groups is 3. The van der Waals surface area contributed by atoms with Gasteiger partial charge in [0.15, 0.2) is 11.4 Å². The third-order valence-electron chi connectivity index (χ3n) is 8.58. The number of phenolic OH excluding ortho intramolecular Hbond substituents is 1. The molecule has 0 saturated carbocycles. The monoisotopic (exact) mass is 563 g/mol. The van der Waals surface area contributed by atoms with E-state index in [1.165, 1.54) is 12.0 Å². The number of likely N-dealkylation sites (N-methyl/N-ethyl adjacent to an activating group) is 1. The van der Waals surface area contributed by atoms with E-state index in [-0.39, 0.29) is 29.7 Å². The number of ether oxygens (including phenoxy) is 1. The minimum atomic E-state index is -2.68. The van der Waals surface area contributed by atoms with Crippen LogP contribution in [0.25, 0.3) is 11.1 Å². The van der Waals surface area contributed by atoms with E-state index in [4.69, 9.17) is 10.5 Å². The van der Waals surface area contributed by atoms with E-state index in [0.717, 1.165) is 0 Å². The molecule has 0 saturated heterocycles. The molecule has 0 bridgehead atoms. The van der Waals surface area contributed by atoms with Gasteiger partial charge in [0.25, 0.3) is 5.91 Å². The van der Waals surface area contributed by atoms with Gasteiger partial charge < -0.3 is 35.8 Å². The number of nitrogens with two attached hydrogens (primary N) is 1. The molecule has 4 atom stereocenters. The first-order valence-corrected chi connectivity index (χ1v) is 13.1. The van der Waals surface area contributed by atoms with Crippen molar-refractivity contribution < 1.29 is 39.5 Å². The number of hydrogen-bond donors (Lipinski definition) is 5. The summed E-state index contributed by atoms with van der Waals surface area (Å²) in [6, 6.07) is 7.68. The molecular formula is C30H33N3O8. The van der Waals surface area contributed by atoms with E-state index in [9.17, 15) is 34.8 Å². The first-order chi connectivity index (χ1) is 19.2. The standard InChI is InChI=1S/C30H33N3O8/c1-32(2)19-12-16(13-6-8-15(41-5)9-7-13)24(34)21-17(19)10-14-11-18-23(33(3)4)26(36)22(29(31)39)28(38)30(18,40)27(37)20(14)25(21)35/h6-9,12,14,18,23,34,36-37,40H,10-11H2,1-5H3,(H2,31,39)/t14-,18-,23-,30+/m1/s1. The molecule has 0 aromatic heterocycles. The lowest BCUT2D eigenvalue weighted by atomic mass is 9.58. The van der Waals surface area contributed by atoms with Gasteiger partial charge in [-0.15, -0.1) is 0 Å². The Labute approximate surface area is 236 Å². The number of amides is 1. The lowest BCUT2D eigenvalue weighted by Gasteiger charge is -2.50. The summed E-state index contributed by atoms with van der Waals surface area (Å²) in [5.74, 6) is -6.16. The number of aliphatic hydroxyl groups excluding tert-OH is 2. The molecule has 6 N–H and O–H groups in total. The van der Waals surface area contributed by atoms with Crippen LogP contribution in [0, 0.1) is 11.8 Å². The average Bonchev–Trinajstić information content (AvgIpc) is 2.90. The topological polar surface area (TPSA) is 174 Å². The van der Waals surface area contributed by atoms with Gasteiger partial charge >= 0.3 is 0 Å². The SMILES string of the molecule is COc1ccc(-c2cc(N(C)C)c3c(c2O)C(=O)C2=C(O)[C@]4(O)C(=O)C(C(N)=O)=C(O)[C@H](N(C)C)[C@H]4C[C@H]2C3)cc1. The van der Waals surface area contributed by atoms with Gasteiger partial charge in [0.2, 0.25) is 5.78 Å². The molecule has 2 aromatic carbocycles. The Bertz CT molecular complexity index is 1560. The molecule has 11 heteroatoms. The largest absolute Gasteiger partial charge is 0.510 e. The van der Waals surface area contributed by atoms with Crippen molar-refractivity contribution in [2.45, 2.75) is 24.5 Å².